The molecule has 2 aliphatic heterocycles. The first kappa shape index (κ1) is 26.7. The fourth-order valence-corrected chi connectivity index (χ4v) is 5.71. The molecule has 9 nitrogen and oxygen atoms in total. The molecule has 6 rings (SSSR count). The molecule has 2 fully saturated rings. The minimum atomic E-state index is -2.67. The molecule has 12 heteroatoms. The van der Waals surface area contributed by atoms with Gasteiger partial charge in [-0.05, 0) is 36.6 Å². The summed E-state index contributed by atoms with van der Waals surface area (Å²) in [5.41, 5.74) is 9.31. The van der Waals surface area contributed by atoms with Gasteiger partial charge in [0.05, 0.1) is 24.5 Å². The molecule has 0 aliphatic carbocycles. The number of ether oxygens (including phenoxy) is 1. The van der Waals surface area contributed by atoms with Crippen LogP contribution in [0.25, 0.3) is 22.3 Å². The topological polar surface area (TPSA) is 101 Å². The number of hydrogen-bond acceptors (Lipinski definition) is 7. The summed E-state index contributed by atoms with van der Waals surface area (Å²) in [5, 5.41) is 5.53. The number of aromatic amines is 1. The number of H-pyrrole nitrogens is 1. The van der Waals surface area contributed by atoms with E-state index >= 15 is 0 Å². The van der Waals surface area contributed by atoms with Gasteiger partial charge in [0.1, 0.15) is 29.6 Å². The third-order valence-electron chi connectivity index (χ3n) is 7.77. The molecule has 2 aliphatic rings. The molecule has 0 saturated carbocycles. The van der Waals surface area contributed by atoms with E-state index in [0.717, 1.165) is 54.8 Å². The lowest BCUT2D eigenvalue weighted by Gasteiger charge is -2.34. The molecule has 4 aromatic rings. The van der Waals surface area contributed by atoms with Crippen LogP contribution in [0.5, 0.6) is 5.75 Å². The summed E-state index contributed by atoms with van der Waals surface area (Å²) < 4.78 is 49.4. The quantitative estimate of drug-likeness (QED) is 0.324. The Labute approximate surface area is 230 Å². The predicted octanol–water partition coefficient (Wildman–Crippen LogP) is 3.84. The largest absolute Gasteiger partial charge is 0.490 e. The van der Waals surface area contributed by atoms with E-state index in [9.17, 15) is 13.2 Å². The van der Waals surface area contributed by atoms with Crippen molar-refractivity contribution in [2.75, 3.05) is 39.3 Å². The van der Waals surface area contributed by atoms with Crippen LogP contribution in [-0.2, 0) is 6.54 Å². The molecule has 0 radical (unpaired) electrons. The lowest BCUT2D eigenvalue weighted by Crippen LogP contribution is -2.42. The van der Waals surface area contributed by atoms with Crippen LogP contribution < -0.4 is 10.5 Å². The molecule has 0 spiro atoms. The highest BCUT2D eigenvalue weighted by molar-refractivity contribution is 5.89. The van der Waals surface area contributed by atoms with Gasteiger partial charge in [0.25, 0.3) is 5.92 Å². The second-order valence-corrected chi connectivity index (χ2v) is 10.8. The highest BCUT2D eigenvalue weighted by atomic mass is 19.3. The molecule has 5 heterocycles. The third kappa shape index (κ3) is 5.98. The van der Waals surface area contributed by atoms with E-state index in [1.165, 1.54) is 18.5 Å². The summed E-state index contributed by atoms with van der Waals surface area (Å²) in [6, 6.07) is 6.48. The van der Waals surface area contributed by atoms with E-state index in [4.69, 9.17) is 10.5 Å². The Morgan fingerprint density at radius 1 is 1.12 bits per heavy atom. The van der Waals surface area contributed by atoms with Crippen LogP contribution in [0.4, 0.5) is 13.2 Å². The SMILES string of the molecule is NCC(CN1CCC(Oc2cc(F)cc(CN3CCC(F)(F)C3)c2)CC1)n1cc(-c2ncnc3[nH]ccc23)cn1. The first-order chi connectivity index (χ1) is 19.3. The Balaban J connectivity index is 1.03. The molecular weight excluding hydrogens is 521 g/mol. The Kier molecular flexibility index (Phi) is 7.47. The van der Waals surface area contributed by atoms with Gasteiger partial charge in [0.2, 0.25) is 0 Å². The van der Waals surface area contributed by atoms with Crippen molar-refractivity contribution in [3.8, 4) is 17.0 Å². The fourth-order valence-electron chi connectivity index (χ4n) is 5.71. The van der Waals surface area contributed by atoms with Gasteiger partial charge in [-0.25, -0.2) is 23.1 Å². The molecule has 0 amide bonds. The van der Waals surface area contributed by atoms with Crippen LogP contribution in [-0.4, -0.2) is 85.8 Å². The molecule has 212 valence electrons. The van der Waals surface area contributed by atoms with Gasteiger partial charge >= 0.3 is 0 Å². The van der Waals surface area contributed by atoms with E-state index in [1.807, 2.05) is 23.1 Å². The molecule has 3 N–H and O–H groups in total. The summed E-state index contributed by atoms with van der Waals surface area (Å²) in [4.78, 5) is 15.8. The Hall–Kier alpha value is -3.48. The van der Waals surface area contributed by atoms with Crippen LogP contribution in [0.3, 0.4) is 0 Å². The summed E-state index contributed by atoms with van der Waals surface area (Å²) in [5.74, 6) is -2.64. The summed E-state index contributed by atoms with van der Waals surface area (Å²) in [6.07, 6.45) is 8.54. The zero-order valence-corrected chi connectivity index (χ0v) is 22.1. The zero-order chi connectivity index (χ0) is 27.7. The van der Waals surface area contributed by atoms with Crippen molar-refractivity contribution in [1.29, 1.82) is 0 Å². The van der Waals surface area contributed by atoms with Crippen molar-refractivity contribution in [1.82, 2.24) is 34.5 Å². The van der Waals surface area contributed by atoms with Gasteiger partial charge in [-0.2, -0.15) is 5.10 Å². The molecule has 40 heavy (non-hydrogen) atoms. The van der Waals surface area contributed by atoms with Gasteiger partial charge in [-0.3, -0.25) is 9.58 Å². The second kappa shape index (κ2) is 11.2. The van der Waals surface area contributed by atoms with Crippen LogP contribution >= 0.6 is 0 Å². The van der Waals surface area contributed by atoms with E-state index in [1.54, 1.807) is 17.2 Å². The number of benzene rings is 1. The van der Waals surface area contributed by atoms with Gasteiger partial charge < -0.3 is 20.4 Å². The number of piperidine rings is 1. The number of nitrogens with two attached hydrogens (primary N) is 1. The molecule has 1 unspecified atom stereocenters. The predicted molar refractivity (Wildman–Crippen MR) is 145 cm³/mol. The Morgan fingerprint density at radius 3 is 2.75 bits per heavy atom. The minimum absolute atomic E-state index is 0.00138. The highest BCUT2D eigenvalue weighted by Gasteiger charge is 2.38. The fraction of sp³-hybridized carbons (Fsp3) is 0.464. The lowest BCUT2D eigenvalue weighted by molar-refractivity contribution is 0.0115. The number of rotatable bonds is 9. The van der Waals surface area contributed by atoms with Crippen molar-refractivity contribution in [2.45, 2.75) is 43.9 Å². The molecule has 1 atom stereocenters. The van der Waals surface area contributed by atoms with Gasteiger partial charge in [-0.15, -0.1) is 0 Å². The number of alkyl halides is 2. The van der Waals surface area contributed by atoms with Gasteiger partial charge in [0.15, 0.2) is 0 Å². The normalized spacial score (nSPS) is 19.4. The van der Waals surface area contributed by atoms with Crippen LogP contribution in [0.1, 0.15) is 30.9 Å². The maximum Gasteiger partial charge on any atom is 0.261 e. The average Bonchev–Trinajstić information content (AvgIpc) is 3.68. The third-order valence-corrected chi connectivity index (χ3v) is 7.77. The summed E-state index contributed by atoms with van der Waals surface area (Å²) >= 11 is 0. The number of aromatic nitrogens is 5. The number of likely N-dealkylation sites (tertiary alicyclic amines) is 2. The Morgan fingerprint density at radius 2 is 1.98 bits per heavy atom. The van der Waals surface area contributed by atoms with E-state index in [2.05, 4.69) is 25.0 Å². The standard InChI is InChI=1S/C28H33F3N8O/c29-21-9-19(14-38-8-4-28(30,31)17-38)10-24(11-21)40-23-2-6-37(7-3-23)16-22(12-32)39-15-20(13-36-39)26-25-1-5-33-27(25)35-18-34-26/h1,5,9-11,13,15,18,22-23H,2-4,6-8,12,14,16-17,32H2,(H,33,34,35). The number of halogens is 3. The number of hydrogen-bond donors (Lipinski definition) is 2. The van der Waals surface area contributed by atoms with E-state index < -0.39 is 11.7 Å². The first-order valence-electron chi connectivity index (χ1n) is 13.7. The minimum Gasteiger partial charge on any atom is -0.490 e. The number of nitrogens with one attached hydrogen (secondary N) is 1. The molecule has 1 aromatic carbocycles. The second-order valence-electron chi connectivity index (χ2n) is 10.8. The smallest absolute Gasteiger partial charge is 0.261 e. The van der Waals surface area contributed by atoms with Crippen molar-refractivity contribution >= 4 is 11.0 Å². The van der Waals surface area contributed by atoms with Crippen molar-refractivity contribution in [3.63, 3.8) is 0 Å². The summed E-state index contributed by atoms with van der Waals surface area (Å²) in [6.45, 7) is 3.12. The molecule has 2 saturated heterocycles. The van der Waals surface area contributed by atoms with E-state index in [0.29, 0.717) is 24.4 Å². The maximum atomic E-state index is 14.3. The van der Waals surface area contributed by atoms with Crippen molar-refractivity contribution < 1.29 is 17.9 Å². The van der Waals surface area contributed by atoms with Crippen molar-refractivity contribution in [2.24, 2.45) is 5.73 Å². The number of nitrogens with zero attached hydrogens (tertiary/aromatic N) is 6. The van der Waals surface area contributed by atoms with Crippen LogP contribution in [0.15, 0.2) is 49.2 Å². The summed E-state index contributed by atoms with van der Waals surface area (Å²) in [7, 11) is 0. The monoisotopic (exact) mass is 554 g/mol. The molecular formula is C28H33F3N8O. The molecule has 3 aromatic heterocycles. The van der Waals surface area contributed by atoms with Crippen molar-refractivity contribution in [3.05, 3.63) is 60.6 Å². The lowest BCUT2D eigenvalue weighted by atomic mass is 10.1. The average molecular weight is 555 g/mol. The van der Waals surface area contributed by atoms with E-state index in [-0.39, 0.29) is 31.7 Å². The van der Waals surface area contributed by atoms with Crippen LogP contribution in [0, 0.1) is 5.82 Å². The molecule has 0 bridgehead atoms. The zero-order valence-electron chi connectivity index (χ0n) is 22.1. The first-order valence-corrected chi connectivity index (χ1v) is 13.7. The Bertz CT molecular complexity index is 1450. The van der Waals surface area contributed by atoms with Crippen LogP contribution in [0.2, 0.25) is 0 Å². The maximum absolute atomic E-state index is 14.3. The van der Waals surface area contributed by atoms with Gasteiger partial charge in [0, 0.05) is 75.1 Å². The van der Waals surface area contributed by atoms with Gasteiger partial charge in [-0.1, -0.05) is 0 Å². The number of fused-ring (bicyclic) bond motifs is 1. The highest BCUT2D eigenvalue weighted by Crippen LogP contribution is 2.30.